The Bertz CT molecular complexity index is 1030. The lowest BCUT2D eigenvalue weighted by Gasteiger charge is -2.14. The van der Waals surface area contributed by atoms with Crippen LogP contribution in [0.3, 0.4) is 0 Å². The second-order valence-corrected chi connectivity index (χ2v) is 7.89. The second-order valence-electron chi connectivity index (χ2n) is 7.48. The van der Waals surface area contributed by atoms with Gasteiger partial charge in [0.25, 0.3) is 11.8 Å². The van der Waals surface area contributed by atoms with E-state index in [-0.39, 0.29) is 24.0 Å². The van der Waals surface area contributed by atoms with E-state index in [2.05, 4.69) is 17.6 Å². The summed E-state index contributed by atoms with van der Waals surface area (Å²) in [5.74, 6) is -1.64. The molecule has 9 heteroatoms. The summed E-state index contributed by atoms with van der Waals surface area (Å²) in [5, 5.41) is 5.45. The van der Waals surface area contributed by atoms with E-state index < -0.39 is 17.7 Å². The van der Waals surface area contributed by atoms with E-state index in [4.69, 9.17) is 17.0 Å². The lowest BCUT2D eigenvalue weighted by molar-refractivity contribution is -0.119. The third-order valence-electron chi connectivity index (χ3n) is 5.05. The van der Waals surface area contributed by atoms with E-state index in [0.717, 1.165) is 24.2 Å². The number of thiocarbonyl (C=S) groups is 1. The summed E-state index contributed by atoms with van der Waals surface area (Å²) in [5.41, 5.74) is 1.69. The third-order valence-corrected chi connectivity index (χ3v) is 5.26. The lowest BCUT2D eigenvalue weighted by atomic mass is 10.1. The molecule has 0 atom stereocenters. The summed E-state index contributed by atoms with van der Waals surface area (Å²) in [6.45, 7) is 2.42. The molecule has 0 radical (unpaired) electrons. The van der Waals surface area contributed by atoms with Crippen molar-refractivity contribution in [1.29, 1.82) is 0 Å². The minimum absolute atomic E-state index is 0.0458. The van der Waals surface area contributed by atoms with Crippen LogP contribution in [-0.2, 0) is 9.53 Å². The van der Waals surface area contributed by atoms with Crippen molar-refractivity contribution in [3.8, 4) is 0 Å². The maximum absolute atomic E-state index is 12.3. The number of nitrogens with zero attached hydrogens (tertiary/aromatic N) is 1. The van der Waals surface area contributed by atoms with E-state index in [1.165, 1.54) is 0 Å². The Morgan fingerprint density at radius 3 is 2.21 bits per heavy atom. The molecule has 0 saturated heterocycles. The Hall–Kier alpha value is -3.59. The summed E-state index contributed by atoms with van der Waals surface area (Å²) in [6, 6.07) is 13.1. The van der Waals surface area contributed by atoms with E-state index in [9.17, 15) is 19.2 Å². The molecule has 3 amide bonds. The van der Waals surface area contributed by atoms with Crippen LogP contribution in [-0.4, -0.2) is 46.9 Å². The average molecular weight is 468 g/mol. The molecule has 33 heavy (non-hydrogen) atoms. The van der Waals surface area contributed by atoms with Crippen molar-refractivity contribution in [2.24, 2.45) is 0 Å². The van der Waals surface area contributed by atoms with Gasteiger partial charge in [0.15, 0.2) is 5.11 Å². The summed E-state index contributed by atoms with van der Waals surface area (Å²) < 4.78 is 5.21. The Morgan fingerprint density at radius 1 is 0.970 bits per heavy atom. The molecule has 1 aliphatic heterocycles. The van der Waals surface area contributed by atoms with E-state index in [0.29, 0.717) is 29.0 Å². The monoisotopic (exact) mass is 467 g/mol. The Morgan fingerprint density at radius 2 is 1.61 bits per heavy atom. The number of esters is 1. The molecule has 172 valence electrons. The molecule has 0 aliphatic carbocycles. The van der Waals surface area contributed by atoms with Gasteiger partial charge in [0.05, 0.1) is 23.3 Å². The van der Waals surface area contributed by atoms with Crippen LogP contribution in [0.25, 0.3) is 0 Å². The number of hydrogen-bond acceptors (Lipinski definition) is 6. The van der Waals surface area contributed by atoms with Crippen molar-refractivity contribution in [3.63, 3.8) is 0 Å². The third kappa shape index (κ3) is 6.23. The van der Waals surface area contributed by atoms with Crippen LogP contribution >= 0.6 is 12.2 Å². The quantitative estimate of drug-likeness (QED) is 0.252. The minimum atomic E-state index is -0.434. The molecule has 0 unspecified atom stereocenters. The van der Waals surface area contributed by atoms with Crippen LogP contribution in [0.2, 0.25) is 0 Å². The largest absolute Gasteiger partial charge is 0.462 e. The highest BCUT2D eigenvalue weighted by molar-refractivity contribution is 7.80. The number of nitrogens with one attached hydrogen (secondary N) is 2. The first kappa shape index (κ1) is 24.1. The SMILES string of the molecule is CCCCCOC(=O)c1ccc(NC(=S)NC(=O)CCN2C(=O)c3ccccc3C2=O)cc1. The van der Waals surface area contributed by atoms with Crippen LogP contribution in [0.5, 0.6) is 0 Å². The number of anilines is 1. The van der Waals surface area contributed by atoms with Gasteiger partial charge in [-0.3, -0.25) is 19.3 Å². The maximum atomic E-state index is 12.3. The van der Waals surface area contributed by atoms with Gasteiger partial charge in [0.2, 0.25) is 5.91 Å². The highest BCUT2D eigenvalue weighted by atomic mass is 32.1. The molecule has 2 aromatic rings. The van der Waals surface area contributed by atoms with Crippen LogP contribution in [0.4, 0.5) is 5.69 Å². The molecule has 0 bridgehead atoms. The number of rotatable bonds is 9. The number of fused-ring (bicyclic) bond motifs is 1. The highest BCUT2D eigenvalue weighted by Crippen LogP contribution is 2.22. The van der Waals surface area contributed by atoms with Gasteiger partial charge in [-0.05, 0) is 55.0 Å². The number of amides is 3. The average Bonchev–Trinajstić information content (AvgIpc) is 3.05. The fraction of sp³-hybridized carbons (Fsp3) is 0.292. The molecular weight excluding hydrogens is 442 g/mol. The molecule has 1 aliphatic rings. The summed E-state index contributed by atoms with van der Waals surface area (Å²) in [4.78, 5) is 50.0. The first-order valence-corrected chi connectivity index (χ1v) is 11.1. The van der Waals surface area contributed by atoms with Crippen LogP contribution in [0.15, 0.2) is 48.5 Å². The molecule has 0 aromatic heterocycles. The number of ether oxygens (including phenoxy) is 1. The van der Waals surface area contributed by atoms with E-state index >= 15 is 0 Å². The number of unbranched alkanes of at least 4 members (excludes halogenated alkanes) is 2. The fourth-order valence-electron chi connectivity index (χ4n) is 3.30. The zero-order chi connectivity index (χ0) is 23.8. The summed E-state index contributed by atoms with van der Waals surface area (Å²) in [7, 11) is 0. The number of carbonyl (C=O) groups excluding carboxylic acids is 4. The minimum Gasteiger partial charge on any atom is -0.462 e. The van der Waals surface area contributed by atoms with Gasteiger partial charge in [-0.1, -0.05) is 31.9 Å². The first-order valence-electron chi connectivity index (χ1n) is 10.7. The van der Waals surface area contributed by atoms with Gasteiger partial charge in [0, 0.05) is 18.7 Å². The van der Waals surface area contributed by atoms with Crippen LogP contribution < -0.4 is 10.6 Å². The van der Waals surface area contributed by atoms with Gasteiger partial charge in [-0.15, -0.1) is 0 Å². The second kappa shape index (κ2) is 11.3. The fourth-order valence-corrected chi connectivity index (χ4v) is 3.53. The predicted octanol–water partition coefficient (Wildman–Crippen LogP) is 3.53. The van der Waals surface area contributed by atoms with E-state index in [1.807, 2.05) is 0 Å². The van der Waals surface area contributed by atoms with Crippen molar-refractivity contribution in [2.45, 2.75) is 32.6 Å². The predicted molar refractivity (Wildman–Crippen MR) is 127 cm³/mol. The lowest BCUT2D eigenvalue weighted by Crippen LogP contribution is -2.38. The van der Waals surface area contributed by atoms with Gasteiger partial charge < -0.3 is 15.4 Å². The van der Waals surface area contributed by atoms with Crippen molar-refractivity contribution in [2.75, 3.05) is 18.5 Å². The van der Waals surface area contributed by atoms with Crippen molar-refractivity contribution in [1.82, 2.24) is 10.2 Å². The molecular formula is C24H25N3O5S. The highest BCUT2D eigenvalue weighted by Gasteiger charge is 2.34. The molecule has 2 aromatic carbocycles. The van der Waals surface area contributed by atoms with Crippen molar-refractivity contribution >= 4 is 46.7 Å². The van der Waals surface area contributed by atoms with Crippen LogP contribution in [0.1, 0.15) is 63.7 Å². The Labute approximate surface area is 197 Å². The number of imide groups is 1. The standard InChI is InChI=1S/C24H25N3O5S/c1-2-3-6-15-32-23(31)16-9-11-17(12-10-16)25-24(33)26-20(28)13-14-27-21(29)18-7-4-5-8-19(18)22(27)30/h4-5,7-12H,2-3,6,13-15H2,1H3,(H2,25,26,28,33). The smallest absolute Gasteiger partial charge is 0.338 e. The topological polar surface area (TPSA) is 105 Å². The zero-order valence-electron chi connectivity index (χ0n) is 18.3. The molecule has 8 nitrogen and oxygen atoms in total. The Kier molecular flexibility index (Phi) is 8.26. The van der Waals surface area contributed by atoms with E-state index in [1.54, 1.807) is 48.5 Å². The van der Waals surface area contributed by atoms with Gasteiger partial charge in [0.1, 0.15) is 0 Å². The summed E-state index contributed by atoms with van der Waals surface area (Å²) in [6.07, 6.45) is 2.81. The maximum Gasteiger partial charge on any atom is 0.338 e. The van der Waals surface area contributed by atoms with Gasteiger partial charge >= 0.3 is 5.97 Å². The van der Waals surface area contributed by atoms with Crippen LogP contribution in [0, 0.1) is 0 Å². The number of benzene rings is 2. The van der Waals surface area contributed by atoms with Crippen molar-refractivity contribution < 1.29 is 23.9 Å². The van der Waals surface area contributed by atoms with Gasteiger partial charge in [-0.25, -0.2) is 4.79 Å². The Balaban J connectivity index is 1.43. The normalized spacial score (nSPS) is 12.3. The summed E-state index contributed by atoms with van der Waals surface area (Å²) >= 11 is 5.15. The number of carbonyl (C=O) groups is 4. The number of hydrogen-bond donors (Lipinski definition) is 2. The molecule has 0 fully saturated rings. The first-order chi connectivity index (χ1) is 15.9. The van der Waals surface area contributed by atoms with Gasteiger partial charge in [-0.2, -0.15) is 0 Å². The molecule has 2 N–H and O–H groups in total. The molecule has 0 spiro atoms. The molecule has 1 heterocycles. The zero-order valence-corrected chi connectivity index (χ0v) is 19.1. The van der Waals surface area contributed by atoms with Crippen molar-refractivity contribution in [3.05, 3.63) is 65.2 Å². The molecule has 0 saturated carbocycles. The molecule has 3 rings (SSSR count).